The van der Waals surface area contributed by atoms with Gasteiger partial charge in [0.15, 0.2) is 0 Å². The van der Waals surface area contributed by atoms with E-state index < -0.39 is 10.0 Å². The number of sulfonamides is 1. The topological polar surface area (TPSA) is 72.6 Å². The Bertz CT molecular complexity index is 279. The lowest BCUT2D eigenvalue weighted by molar-refractivity contribution is 0.0678. The molecule has 0 radical (unpaired) electrons. The second-order valence-electron chi connectivity index (χ2n) is 4.06. The lowest BCUT2D eigenvalue weighted by Crippen LogP contribution is -2.32. The van der Waals surface area contributed by atoms with Crippen LogP contribution in [0.3, 0.4) is 0 Å². The van der Waals surface area contributed by atoms with E-state index in [4.69, 9.17) is 9.88 Å². The average Bonchev–Trinajstić information content (AvgIpc) is 2.27. The first-order valence-electron chi connectivity index (χ1n) is 5.32. The lowest BCUT2D eigenvalue weighted by atomic mass is 10.3. The smallest absolute Gasteiger partial charge is 0.209 e. The van der Waals surface area contributed by atoms with Crippen LogP contribution < -0.4 is 5.14 Å². The quantitative estimate of drug-likeness (QED) is 0.732. The summed E-state index contributed by atoms with van der Waals surface area (Å²) in [7, 11) is -3.31. The van der Waals surface area contributed by atoms with Gasteiger partial charge >= 0.3 is 0 Å². The third-order valence-corrected chi connectivity index (χ3v) is 3.30. The Morgan fingerprint density at radius 1 is 1.53 bits per heavy atom. The first-order valence-corrected chi connectivity index (χ1v) is 7.03. The van der Waals surface area contributed by atoms with E-state index in [1.165, 1.54) is 0 Å². The van der Waals surface area contributed by atoms with E-state index in [1.807, 2.05) is 6.92 Å². The van der Waals surface area contributed by atoms with Gasteiger partial charge in [-0.25, -0.2) is 13.6 Å². The summed E-state index contributed by atoms with van der Waals surface area (Å²) in [6.07, 6.45) is 1.85. The summed E-state index contributed by atoms with van der Waals surface area (Å²) in [4.78, 5) is 2.24. The van der Waals surface area contributed by atoms with Gasteiger partial charge in [-0.2, -0.15) is 0 Å². The Morgan fingerprint density at radius 3 is 2.93 bits per heavy atom. The second kappa shape index (κ2) is 5.79. The summed E-state index contributed by atoms with van der Waals surface area (Å²) in [6.45, 7) is 5.48. The molecule has 1 atom stereocenters. The van der Waals surface area contributed by atoms with E-state index in [2.05, 4.69) is 4.90 Å². The number of nitrogens with zero attached hydrogens (tertiary/aromatic N) is 1. The maximum atomic E-state index is 10.7. The van der Waals surface area contributed by atoms with Crippen molar-refractivity contribution in [3.8, 4) is 0 Å². The van der Waals surface area contributed by atoms with Crippen LogP contribution >= 0.6 is 0 Å². The van der Waals surface area contributed by atoms with Crippen molar-refractivity contribution in [3.05, 3.63) is 0 Å². The molecule has 0 aliphatic carbocycles. The maximum Gasteiger partial charge on any atom is 0.209 e. The van der Waals surface area contributed by atoms with Crippen molar-refractivity contribution in [1.29, 1.82) is 0 Å². The molecule has 1 aliphatic rings. The molecule has 15 heavy (non-hydrogen) atoms. The minimum Gasteiger partial charge on any atom is -0.377 e. The predicted octanol–water partition coefficient (Wildman–Crippen LogP) is -0.224. The van der Waals surface area contributed by atoms with Crippen LogP contribution in [0.15, 0.2) is 0 Å². The number of rotatable bonds is 4. The van der Waals surface area contributed by atoms with Gasteiger partial charge in [0.1, 0.15) is 0 Å². The summed E-state index contributed by atoms with van der Waals surface area (Å²) in [6, 6.07) is 0. The van der Waals surface area contributed by atoms with E-state index in [1.54, 1.807) is 0 Å². The molecule has 0 aromatic carbocycles. The van der Waals surface area contributed by atoms with Gasteiger partial charge in [-0.15, -0.1) is 0 Å². The summed E-state index contributed by atoms with van der Waals surface area (Å²) < 4.78 is 27.0. The third kappa shape index (κ3) is 6.09. The van der Waals surface area contributed by atoms with E-state index in [-0.39, 0.29) is 11.9 Å². The third-order valence-electron chi connectivity index (χ3n) is 2.44. The largest absolute Gasteiger partial charge is 0.377 e. The van der Waals surface area contributed by atoms with E-state index in [9.17, 15) is 8.42 Å². The van der Waals surface area contributed by atoms with Gasteiger partial charge in [0, 0.05) is 19.7 Å². The average molecular weight is 236 g/mol. The summed E-state index contributed by atoms with van der Waals surface area (Å²) in [5, 5.41) is 4.94. The van der Waals surface area contributed by atoms with Gasteiger partial charge in [0.05, 0.1) is 11.9 Å². The van der Waals surface area contributed by atoms with Crippen LogP contribution in [-0.4, -0.2) is 51.4 Å². The minimum atomic E-state index is -3.31. The Morgan fingerprint density at radius 2 is 2.27 bits per heavy atom. The summed E-state index contributed by atoms with van der Waals surface area (Å²) in [5.74, 6) is 0.0682. The summed E-state index contributed by atoms with van der Waals surface area (Å²) in [5.41, 5.74) is 0. The SMILES string of the molecule is CC1CN(CCCS(N)(=O)=O)CCCO1. The number of nitrogens with two attached hydrogens (primary N) is 1. The van der Waals surface area contributed by atoms with Crippen molar-refractivity contribution in [3.63, 3.8) is 0 Å². The van der Waals surface area contributed by atoms with Gasteiger partial charge in [-0.1, -0.05) is 0 Å². The molecule has 0 spiro atoms. The molecule has 1 rings (SSSR count). The highest BCUT2D eigenvalue weighted by Crippen LogP contribution is 2.05. The van der Waals surface area contributed by atoms with Crippen LogP contribution in [-0.2, 0) is 14.8 Å². The lowest BCUT2D eigenvalue weighted by Gasteiger charge is -2.21. The van der Waals surface area contributed by atoms with Crippen molar-refractivity contribution in [2.45, 2.75) is 25.9 Å². The second-order valence-corrected chi connectivity index (χ2v) is 5.79. The number of primary sulfonamides is 1. The number of hydrogen-bond donors (Lipinski definition) is 1. The van der Waals surface area contributed by atoms with Crippen LogP contribution in [0.25, 0.3) is 0 Å². The molecule has 1 heterocycles. The van der Waals surface area contributed by atoms with Gasteiger partial charge in [0.2, 0.25) is 10.0 Å². The van der Waals surface area contributed by atoms with Crippen molar-refractivity contribution in [2.24, 2.45) is 5.14 Å². The molecule has 1 unspecified atom stereocenters. The van der Waals surface area contributed by atoms with Crippen molar-refractivity contribution >= 4 is 10.0 Å². The van der Waals surface area contributed by atoms with Gasteiger partial charge in [-0.3, -0.25) is 0 Å². The maximum absolute atomic E-state index is 10.7. The zero-order valence-corrected chi connectivity index (χ0v) is 10.0. The Hall–Kier alpha value is -0.170. The predicted molar refractivity (Wildman–Crippen MR) is 59.1 cm³/mol. The molecule has 1 fully saturated rings. The molecule has 0 bridgehead atoms. The Balaban J connectivity index is 2.25. The molecule has 0 aromatic rings. The standard InChI is InChI=1S/C9H20N2O3S/c1-9-8-11(4-2-6-14-9)5-3-7-15(10,12)13/h9H,2-8H2,1H3,(H2,10,12,13). The molecule has 1 aliphatic heterocycles. The van der Waals surface area contributed by atoms with E-state index in [0.29, 0.717) is 6.42 Å². The molecule has 6 heteroatoms. The molecule has 5 nitrogen and oxygen atoms in total. The van der Waals surface area contributed by atoms with Crippen LogP contribution in [0, 0.1) is 0 Å². The van der Waals surface area contributed by atoms with Gasteiger partial charge in [-0.05, 0) is 26.3 Å². The highest BCUT2D eigenvalue weighted by Gasteiger charge is 2.14. The molecule has 1 saturated heterocycles. The van der Waals surface area contributed by atoms with E-state index in [0.717, 1.165) is 32.7 Å². The fourth-order valence-electron chi connectivity index (χ4n) is 1.77. The number of ether oxygens (including phenoxy) is 1. The number of hydrogen-bond acceptors (Lipinski definition) is 4. The fourth-order valence-corrected chi connectivity index (χ4v) is 2.30. The van der Waals surface area contributed by atoms with Crippen molar-refractivity contribution < 1.29 is 13.2 Å². The molecule has 2 N–H and O–H groups in total. The zero-order chi connectivity index (χ0) is 11.3. The molecule has 90 valence electrons. The highest BCUT2D eigenvalue weighted by molar-refractivity contribution is 7.89. The molecule has 0 amide bonds. The Labute approximate surface area is 91.6 Å². The van der Waals surface area contributed by atoms with Crippen LogP contribution in [0.1, 0.15) is 19.8 Å². The molecular weight excluding hydrogens is 216 g/mol. The van der Waals surface area contributed by atoms with E-state index >= 15 is 0 Å². The fraction of sp³-hybridized carbons (Fsp3) is 1.00. The van der Waals surface area contributed by atoms with Gasteiger partial charge in [0.25, 0.3) is 0 Å². The Kier molecular flexibility index (Phi) is 4.98. The first-order chi connectivity index (χ1) is 6.97. The normalized spacial score (nSPS) is 25.1. The van der Waals surface area contributed by atoms with Crippen molar-refractivity contribution in [2.75, 3.05) is 32.0 Å². The first kappa shape index (κ1) is 12.9. The molecular formula is C9H20N2O3S. The zero-order valence-electron chi connectivity index (χ0n) is 9.18. The van der Waals surface area contributed by atoms with Crippen LogP contribution in [0.2, 0.25) is 0 Å². The molecule has 0 saturated carbocycles. The minimum absolute atomic E-state index is 0.0682. The van der Waals surface area contributed by atoms with Crippen LogP contribution in [0.4, 0.5) is 0 Å². The highest BCUT2D eigenvalue weighted by atomic mass is 32.2. The monoisotopic (exact) mass is 236 g/mol. The summed E-state index contributed by atoms with van der Waals surface area (Å²) >= 11 is 0. The van der Waals surface area contributed by atoms with Crippen LogP contribution in [0.5, 0.6) is 0 Å². The van der Waals surface area contributed by atoms with Gasteiger partial charge < -0.3 is 9.64 Å². The molecule has 0 aromatic heterocycles. The van der Waals surface area contributed by atoms with Crippen molar-refractivity contribution in [1.82, 2.24) is 4.90 Å².